The van der Waals surface area contributed by atoms with Crippen LogP contribution in [0.4, 0.5) is 0 Å². The molecule has 1 aromatic carbocycles. The number of rotatable bonds is 1. The van der Waals surface area contributed by atoms with E-state index in [0.717, 1.165) is 0 Å². The summed E-state index contributed by atoms with van der Waals surface area (Å²) in [4.78, 5) is 0. The molecule has 1 fully saturated rings. The first-order valence-electron chi connectivity index (χ1n) is 7.00. The Balaban J connectivity index is 2.41. The molecule has 0 atom stereocenters. The highest BCUT2D eigenvalue weighted by Crippen LogP contribution is 2.36. The molecule has 1 saturated heterocycles. The third-order valence-electron chi connectivity index (χ3n) is 3.47. The number of aryl methyl sites for hydroxylation is 1. The average Bonchev–Trinajstić information content (AvgIpc) is 2.47. The second-order valence-corrected chi connectivity index (χ2v) is 5.18. The van der Waals surface area contributed by atoms with Gasteiger partial charge in [0, 0.05) is 4.11 Å². The lowest BCUT2D eigenvalue weighted by molar-refractivity contribution is 0.00578. The minimum absolute atomic E-state index is 0.286. The van der Waals surface area contributed by atoms with Gasteiger partial charge in [-0.15, -0.1) is 0 Å². The lowest BCUT2D eigenvalue weighted by atomic mass is 9.76. The molecular formula is C13H19BO2. The molecule has 3 heteroatoms. The van der Waals surface area contributed by atoms with Gasteiger partial charge in [0.05, 0.1) is 11.2 Å². The van der Waals surface area contributed by atoms with Crippen LogP contribution in [0.2, 0.25) is 0 Å². The monoisotopic (exact) mass is 221 g/mol. The molecule has 0 radical (unpaired) electrons. The van der Waals surface area contributed by atoms with E-state index in [0.29, 0.717) is 5.46 Å². The second-order valence-electron chi connectivity index (χ2n) is 5.18. The summed E-state index contributed by atoms with van der Waals surface area (Å²) in [5, 5.41) is 0. The smallest absolute Gasteiger partial charge is 0.399 e. The first-order valence-corrected chi connectivity index (χ1v) is 5.50. The van der Waals surface area contributed by atoms with Crippen molar-refractivity contribution in [1.82, 2.24) is 0 Å². The summed E-state index contributed by atoms with van der Waals surface area (Å²) in [5.74, 6) is 0. The maximum Gasteiger partial charge on any atom is 0.495 e. The fraction of sp³-hybridized carbons (Fsp3) is 0.538. The molecule has 2 rings (SSSR count). The lowest BCUT2D eigenvalue weighted by Crippen LogP contribution is -2.41. The number of hydrogen-bond donors (Lipinski definition) is 0. The van der Waals surface area contributed by atoms with Gasteiger partial charge in [-0.3, -0.25) is 0 Å². The Labute approximate surface area is 102 Å². The van der Waals surface area contributed by atoms with E-state index < -0.39 is 25.2 Å². The molecule has 0 aliphatic carbocycles. The van der Waals surface area contributed by atoms with Gasteiger partial charge in [-0.25, -0.2) is 0 Å². The van der Waals surface area contributed by atoms with Gasteiger partial charge in [-0.2, -0.15) is 0 Å². The SMILES string of the molecule is [2H]C([2H])([2H])c1ccccc1B1OC(C)(C)C(C)(C)O1. The predicted molar refractivity (Wildman–Crippen MR) is 66.9 cm³/mol. The highest BCUT2D eigenvalue weighted by molar-refractivity contribution is 6.62. The Morgan fingerprint density at radius 3 is 2.19 bits per heavy atom. The van der Waals surface area contributed by atoms with Gasteiger partial charge in [-0.05, 0) is 40.0 Å². The van der Waals surface area contributed by atoms with Crippen LogP contribution in [0.15, 0.2) is 24.3 Å². The van der Waals surface area contributed by atoms with E-state index in [4.69, 9.17) is 13.4 Å². The fourth-order valence-electron chi connectivity index (χ4n) is 1.67. The first kappa shape index (κ1) is 8.32. The van der Waals surface area contributed by atoms with Crippen LogP contribution in [-0.2, 0) is 9.31 Å². The quantitative estimate of drug-likeness (QED) is 0.677. The van der Waals surface area contributed by atoms with E-state index in [1.54, 1.807) is 24.3 Å². The van der Waals surface area contributed by atoms with Crippen LogP contribution >= 0.6 is 0 Å². The second kappa shape index (κ2) is 3.61. The average molecular weight is 221 g/mol. The highest BCUT2D eigenvalue weighted by Gasteiger charge is 2.51. The fourth-order valence-corrected chi connectivity index (χ4v) is 1.67. The van der Waals surface area contributed by atoms with Crippen molar-refractivity contribution in [2.45, 2.75) is 45.7 Å². The third-order valence-corrected chi connectivity index (χ3v) is 3.47. The number of benzene rings is 1. The van der Waals surface area contributed by atoms with E-state index in [9.17, 15) is 0 Å². The van der Waals surface area contributed by atoms with Crippen molar-refractivity contribution in [3.8, 4) is 0 Å². The van der Waals surface area contributed by atoms with Crippen molar-refractivity contribution >= 4 is 12.6 Å². The largest absolute Gasteiger partial charge is 0.495 e. The van der Waals surface area contributed by atoms with Crippen LogP contribution in [0, 0.1) is 6.85 Å². The maximum absolute atomic E-state index is 7.60. The molecule has 0 bridgehead atoms. The van der Waals surface area contributed by atoms with Gasteiger partial charge in [0.15, 0.2) is 0 Å². The summed E-state index contributed by atoms with van der Waals surface area (Å²) >= 11 is 0. The summed E-state index contributed by atoms with van der Waals surface area (Å²) in [6.45, 7) is 5.63. The van der Waals surface area contributed by atoms with Gasteiger partial charge in [0.1, 0.15) is 0 Å². The van der Waals surface area contributed by atoms with Crippen LogP contribution in [0.3, 0.4) is 0 Å². The molecule has 0 N–H and O–H groups in total. The minimum Gasteiger partial charge on any atom is -0.399 e. The van der Waals surface area contributed by atoms with E-state index in [1.807, 2.05) is 27.7 Å². The van der Waals surface area contributed by atoms with Gasteiger partial charge in [-0.1, -0.05) is 29.8 Å². The summed E-state index contributed by atoms with van der Waals surface area (Å²) < 4.78 is 34.6. The Bertz CT molecular complexity index is 467. The van der Waals surface area contributed by atoms with E-state index in [-0.39, 0.29) is 5.56 Å². The van der Waals surface area contributed by atoms with E-state index in [1.165, 1.54) is 0 Å². The van der Waals surface area contributed by atoms with E-state index in [2.05, 4.69) is 0 Å². The summed E-state index contributed by atoms with van der Waals surface area (Å²) in [6.07, 6.45) is 0. The molecule has 86 valence electrons. The van der Waals surface area contributed by atoms with Crippen molar-refractivity contribution in [3.05, 3.63) is 29.8 Å². The lowest BCUT2D eigenvalue weighted by Gasteiger charge is -2.32. The van der Waals surface area contributed by atoms with Crippen molar-refractivity contribution in [3.63, 3.8) is 0 Å². The predicted octanol–water partition coefficient (Wildman–Crippen LogP) is 2.29. The van der Waals surface area contributed by atoms with Crippen LogP contribution in [0.25, 0.3) is 0 Å². The Morgan fingerprint density at radius 1 is 1.06 bits per heavy atom. The van der Waals surface area contributed by atoms with Crippen LogP contribution < -0.4 is 5.46 Å². The Hall–Kier alpha value is -0.795. The van der Waals surface area contributed by atoms with Crippen molar-refractivity contribution in [2.75, 3.05) is 0 Å². The van der Waals surface area contributed by atoms with Crippen molar-refractivity contribution in [1.29, 1.82) is 0 Å². The molecule has 16 heavy (non-hydrogen) atoms. The molecule has 1 aliphatic heterocycles. The van der Waals surface area contributed by atoms with Gasteiger partial charge < -0.3 is 9.31 Å². The van der Waals surface area contributed by atoms with Crippen LogP contribution in [-0.4, -0.2) is 18.3 Å². The zero-order chi connectivity index (χ0) is 14.5. The molecule has 0 amide bonds. The molecule has 0 saturated carbocycles. The Morgan fingerprint density at radius 2 is 1.62 bits per heavy atom. The Kier molecular flexibility index (Phi) is 1.88. The molecular weight excluding hydrogens is 199 g/mol. The first-order chi connectivity index (χ1) is 8.55. The zero-order valence-electron chi connectivity index (χ0n) is 13.2. The van der Waals surface area contributed by atoms with Gasteiger partial charge in [0.2, 0.25) is 0 Å². The van der Waals surface area contributed by atoms with Crippen molar-refractivity contribution < 1.29 is 13.4 Å². The highest BCUT2D eigenvalue weighted by atomic mass is 16.7. The summed E-state index contributed by atoms with van der Waals surface area (Å²) in [7, 11) is -0.637. The molecule has 1 aromatic rings. The van der Waals surface area contributed by atoms with Crippen LogP contribution in [0.5, 0.6) is 0 Å². The van der Waals surface area contributed by atoms with Gasteiger partial charge >= 0.3 is 7.12 Å². The van der Waals surface area contributed by atoms with Crippen LogP contribution in [0.1, 0.15) is 37.4 Å². The topological polar surface area (TPSA) is 18.5 Å². The maximum atomic E-state index is 7.60. The molecule has 2 nitrogen and oxygen atoms in total. The molecule has 0 spiro atoms. The summed E-state index contributed by atoms with van der Waals surface area (Å²) in [5.41, 5.74) is -0.0754. The molecule has 0 aromatic heterocycles. The molecule has 1 heterocycles. The molecule has 0 unspecified atom stereocenters. The zero-order valence-corrected chi connectivity index (χ0v) is 10.2. The van der Waals surface area contributed by atoms with Crippen molar-refractivity contribution in [2.24, 2.45) is 0 Å². The molecule has 1 aliphatic rings. The standard InChI is InChI=1S/C13H19BO2/c1-10-8-6-7-9-11(10)14-15-12(2,3)13(4,5)16-14/h6-9H,1-5H3/i1D3. The van der Waals surface area contributed by atoms with E-state index >= 15 is 0 Å². The normalized spacial score (nSPS) is 26.0. The summed E-state index contributed by atoms with van der Waals surface area (Å²) in [6, 6.07) is 6.88. The third kappa shape index (κ3) is 1.78. The van der Waals surface area contributed by atoms with Gasteiger partial charge in [0.25, 0.3) is 0 Å². The minimum atomic E-state index is -2.17. The number of hydrogen-bond acceptors (Lipinski definition) is 2.